The Morgan fingerprint density at radius 2 is 1.94 bits per heavy atom. The molecule has 8 nitrogen and oxygen atoms in total. The summed E-state index contributed by atoms with van der Waals surface area (Å²) in [6.45, 7) is 0.00601. The highest BCUT2D eigenvalue weighted by Crippen LogP contribution is 2.19. The zero-order chi connectivity index (χ0) is 11.9. The van der Waals surface area contributed by atoms with E-state index in [0.29, 0.717) is 0 Å². The Balaban J connectivity index is 2.17. The van der Waals surface area contributed by atoms with Crippen molar-refractivity contribution in [2.24, 2.45) is 0 Å². The van der Waals surface area contributed by atoms with Gasteiger partial charge >= 0.3 is 12.2 Å². The molecule has 0 unspecified atom stereocenters. The first kappa shape index (κ1) is 10.5. The minimum Gasteiger partial charge on any atom is -0.465 e. The van der Waals surface area contributed by atoms with E-state index in [2.05, 4.69) is 5.32 Å². The lowest BCUT2D eigenvalue weighted by Gasteiger charge is -2.34. The van der Waals surface area contributed by atoms with Gasteiger partial charge in [-0.3, -0.25) is 9.69 Å². The van der Waals surface area contributed by atoms with Gasteiger partial charge in [-0.2, -0.15) is 0 Å². The van der Waals surface area contributed by atoms with Crippen molar-refractivity contribution in [2.75, 3.05) is 19.6 Å². The van der Waals surface area contributed by atoms with Crippen LogP contribution in [0.25, 0.3) is 0 Å². The maximum atomic E-state index is 11.2. The second-order valence-corrected chi connectivity index (χ2v) is 3.84. The van der Waals surface area contributed by atoms with Crippen LogP contribution in [-0.4, -0.2) is 69.8 Å². The summed E-state index contributed by atoms with van der Waals surface area (Å²) in [6, 6.07) is -0.917. The molecule has 0 aromatic rings. The van der Waals surface area contributed by atoms with Crippen molar-refractivity contribution in [3.63, 3.8) is 0 Å². The lowest BCUT2D eigenvalue weighted by atomic mass is 10.1. The first-order chi connectivity index (χ1) is 7.49. The van der Waals surface area contributed by atoms with Gasteiger partial charge in [-0.1, -0.05) is 0 Å². The van der Waals surface area contributed by atoms with E-state index in [1.54, 1.807) is 0 Å². The van der Waals surface area contributed by atoms with Crippen molar-refractivity contribution >= 4 is 18.1 Å². The van der Waals surface area contributed by atoms with E-state index in [-0.39, 0.29) is 19.6 Å². The molecule has 8 heteroatoms. The molecule has 0 aromatic heterocycles. The number of fused-ring (bicyclic) bond motifs is 1. The number of nitrogens with one attached hydrogen (secondary N) is 1. The van der Waals surface area contributed by atoms with Crippen LogP contribution in [0.5, 0.6) is 0 Å². The van der Waals surface area contributed by atoms with E-state index >= 15 is 0 Å². The van der Waals surface area contributed by atoms with Gasteiger partial charge in [0.1, 0.15) is 6.54 Å². The van der Waals surface area contributed by atoms with Gasteiger partial charge < -0.3 is 20.4 Å². The summed E-state index contributed by atoms with van der Waals surface area (Å²) in [5.74, 6) is -0.393. The first-order valence-corrected chi connectivity index (χ1v) is 4.76. The maximum absolute atomic E-state index is 11.2. The third kappa shape index (κ3) is 1.62. The van der Waals surface area contributed by atoms with Crippen LogP contribution in [0.4, 0.5) is 9.59 Å². The summed E-state index contributed by atoms with van der Waals surface area (Å²) >= 11 is 0. The lowest BCUT2D eigenvalue weighted by molar-refractivity contribution is -0.125. The first-order valence-electron chi connectivity index (χ1n) is 4.76. The molecule has 2 fully saturated rings. The molecule has 2 atom stereocenters. The number of amides is 3. The fourth-order valence-electron chi connectivity index (χ4n) is 2.13. The maximum Gasteiger partial charge on any atom is 0.408 e. The number of nitrogens with zero attached hydrogens (tertiary/aromatic N) is 2. The van der Waals surface area contributed by atoms with Gasteiger partial charge in [-0.25, -0.2) is 9.59 Å². The van der Waals surface area contributed by atoms with Crippen LogP contribution in [0.2, 0.25) is 0 Å². The van der Waals surface area contributed by atoms with Crippen molar-refractivity contribution < 1.29 is 24.6 Å². The smallest absolute Gasteiger partial charge is 0.408 e. The quantitative estimate of drug-likeness (QED) is 0.484. The molecule has 0 aliphatic carbocycles. The summed E-state index contributed by atoms with van der Waals surface area (Å²) in [5.41, 5.74) is 0. The third-order valence-corrected chi connectivity index (χ3v) is 2.87. The van der Waals surface area contributed by atoms with Crippen LogP contribution in [0.15, 0.2) is 0 Å². The molecule has 2 saturated heterocycles. The fourth-order valence-corrected chi connectivity index (χ4v) is 2.13. The Labute approximate surface area is 90.4 Å². The van der Waals surface area contributed by atoms with E-state index in [9.17, 15) is 14.4 Å². The molecule has 3 amide bonds. The monoisotopic (exact) mass is 229 g/mol. The fraction of sp³-hybridized carbons (Fsp3) is 0.625. The Kier molecular flexibility index (Phi) is 2.33. The zero-order valence-electron chi connectivity index (χ0n) is 8.29. The van der Waals surface area contributed by atoms with Crippen molar-refractivity contribution in [1.29, 1.82) is 0 Å². The molecule has 0 aromatic carbocycles. The van der Waals surface area contributed by atoms with E-state index in [1.807, 2.05) is 0 Å². The number of likely N-dealkylation sites (tertiary alicyclic amines) is 1. The predicted molar refractivity (Wildman–Crippen MR) is 50.0 cm³/mol. The minimum absolute atomic E-state index is 0.104. The molecule has 2 rings (SSSR count). The van der Waals surface area contributed by atoms with E-state index in [1.165, 1.54) is 0 Å². The van der Waals surface area contributed by atoms with Gasteiger partial charge in [0, 0.05) is 13.1 Å². The molecule has 16 heavy (non-hydrogen) atoms. The standard InChI is InChI=1S/C8H11N3O5/c12-6-3-11(8(15)16)5-2-10(7(13)14)1-4(5)9-6/h4-5H,1-3H2,(H,9,12)(H,13,14)(H,15,16)/t4-,5-/m0/s1. The van der Waals surface area contributed by atoms with Crippen molar-refractivity contribution in [1.82, 2.24) is 15.1 Å². The van der Waals surface area contributed by atoms with E-state index in [0.717, 1.165) is 9.80 Å². The molecule has 0 spiro atoms. The van der Waals surface area contributed by atoms with Gasteiger partial charge in [0.25, 0.3) is 0 Å². The molecule has 0 radical (unpaired) electrons. The highest BCUT2D eigenvalue weighted by Gasteiger charge is 2.45. The highest BCUT2D eigenvalue weighted by atomic mass is 16.4. The van der Waals surface area contributed by atoms with Gasteiger partial charge in [0.2, 0.25) is 5.91 Å². The van der Waals surface area contributed by atoms with Crippen LogP contribution < -0.4 is 5.32 Å². The van der Waals surface area contributed by atoms with Gasteiger partial charge in [0.15, 0.2) is 0 Å². The summed E-state index contributed by atoms with van der Waals surface area (Å²) < 4.78 is 0. The summed E-state index contributed by atoms with van der Waals surface area (Å²) in [7, 11) is 0. The SMILES string of the molecule is O=C1CN(C(=O)O)[C@H]2CN(C(=O)O)C[C@@H]2N1. The van der Waals surface area contributed by atoms with Gasteiger partial charge in [-0.15, -0.1) is 0 Å². The number of rotatable bonds is 0. The number of piperazine rings is 1. The van der Waals surface area contributed by atoms with Crippen LogP contribution in [0, 0.1) is 0 Å². The Hall–Kier alpha value is -1.99. The number of hydrogen-bond donors (Lipinski definition) is 3. The molecule has 88 valence electrons. The zero-order valence-corrected chi connectivity index (χ0v) is 8.29. The predicted octanol–water partition coefficient (Wildman–Crippen LogP) is -1.17. The van der Waals surface area contributed by atoms with Gasteiger partial charge in [-0.05, 0) is 0 Å². The minimum atomic E-state index is -1.20. The van der Waals surface area contributed by atoms with Crippen molar-refractivity contribution in [3.8, 4) is 0 Å². The largest absolute Gasteiger partial charge is 0.465 e. The second-order valence-electron chi connectivity index (χ2n) is 3.84. The Morgan fingerprint density at radius 3 is 2.50 bits per heavy atom. The molecular weight excluding hydrogens is 218 g/mol. The van der Waals surface area contributed by atoms with Crippen molar-refractivity contribution in [3.05, 3.63) is 0 Å². The highest BCUT2D eigenvalue weighted by molar-refractivity contribution is 5.84. The normalized spacial score (nSPS) is 28.6. The second kappa shape index (κ2) is 3.54. The summed E-state index contributed by atoms with van der Waals surface area (Å²) in [6.07, 6.45) is -2.30. The molecule has 2 heterocycles. The third-order valence-electron chi connectivity index (χ3n) is 2.87. The molecule has 0 saturated carbocycles. The summed E-state index contributed by atoms with van der Waals surface area (Å²) in [4.78, 5) is 35.0. The average molecular weight is 229 g/mol. The molecular formula is C8H11N3O5. The number of hydrogen-bond acceptors (Lipinski definition) is 3. The number of carbonyl (C=O) groups is 3. The number of carboxylic acid groups (broad SMARTS) is 2. The van der Waals surface area contributed by atoms with Crippen LogP contribution in [-0.2, 0) is 4.79 Å². The van der Waals surface area contributed by atoms with Crippen LogP contribution in [0.1, 0.15) is 0 Å². The Bertz CT molecular complexity index is 356. The summed E-state index contributed by atoms with van der Waals surface area (Å²) in [5, 5.41) is 20.3. The lowest BCUT2D eigenvalue weighted by Crippen LogP contribution is -2.61. The van der Waals surface area contributed by atoms with Crippen molar-refractivity contribution in [2.45, 2.75) is 12.1 Å². The molecule has 2 aliphatic rings. The van der Waals surface area contributed by atoms with E-state index in [4.69, 9.17) is 10.2 Å². The van der Waals surface area contributed by atoms with Crippen LogP contribution >= 0.6 is 0 Å². The molecule has 2 aliphatic heterocycles. The topological polar surface area (TPSA) is 110 Å². The van der Waals surface area contributed by atoms with Gasteiger partial charge in [0.05, 0.1) is 12.1 Å². The van der Waals surface area contributed by atoms with Crippen LogP contribution in [0.3, 0.4) is 0 Å². The number of carbonyl (C=O) groups excluding carboxylic acids is 1. The molecule has 0 bridgehead atoms. The van der Waals surface area contributed by atoms with E-state index < -0.39 is 30.2 Å². The average Bonchev–Trinajstić information content (AvgIpc) is 2.59. The molecule has 3 N–H and O–H groups in total. The Morgan fingerprint density at radius 1 is 1.25 bits per heavy atom.